The maximum absolute atomic E-state index is 12.3. The summed E-state index contributed by atoms with van der Waals surface area (Å²) in [5.74, 6) is -0.124. The highest BCUT2D eigenvalue weighted by Crippen LogP contribution is 2.20. The third-order valence-corrected chi connectivity index (χ3v) is 5.12. The number of hydrogen-bond acceptors (Lipinski definition) is 4. The molecule has 0 unspecified atom stereocenters. The van der Waals surface area contributed by atoms with Crippen LogP contribution < -0.4 is 9.62 Å². The fourth-order valence-electron chi connectivity index (χ4n) is 3.13. The van der Waals surface area contributed by atoms with E-state index in [0.717, 1.165) is 24.9 Å². The van der Waals surface area contributed by atoms with Gasteiger partial charge in [0.15, 0.2) is 5.78 Å². The second-order valence-corrected chi connectivity index (χ2v) is 8.54. The Bertz CT molecular complexity index is 911. The average molecular weight is 385 g/mol. The van der Waals surface area contributed by atoms with Crippen molar-refractivity contribution in [1.29, 1.82) is 0 Å². The monoisotopic (exact) mass is 384 g/mol. The summed E-state index contributed by atoms with van der Waals surface area (Å²) in [5.41, 5.74) is 3.15. The normalized spacial score (nSPS) is 15.1. The fraction of sp³-hybridized carbons (Fsp3) is 0.286. The number of carbonyl (C=O) groups is 1. The maximum Gasteiger partial charge on any atom is 0.229 e. The molecule has 5 nitrogen and oxygen atoms in total. The van der Waals surface area contributed by atoms with E-state index in [1.54, 1.807) is 30.3 Å². The van der Waals surface area contributed by atoms with E-state index in [-0.39, 0.29) is 5.78 Å². The molecule has 3 rings (SSSR count). The number of rotatable bonds is 6. The molecule has 6 heteroatoms. The number of nitrogens with one attached hydrogen (secondary N) is 1. The second-order valence-electron chi connectivity index (χ2n) is 6.79. The van der Waals surface area contributed by atoms with Crippen LogP contribution in [0.2, 0.25) is 0 Å². The predicted octanol–water partition coefficient (Wildman–Crippen LogP) is 3.94. The summed E-state index contributed by atoms with van der Waals surface area (Å²) < 4.78 is 24.8. The van der Waals surface area contributed by atoms with Gasteiger partial charge in [-0.05, 0) is 67.3 Å². The van der Waals surface area contributed by atoms with Gasteiger partial charge in [-0.15, -0.1) is 0 Å². The topological polar surface area (TPSA) is 66.5 Å². The number of benzene rings is 2. The first-order valence-corrected chi connectivity index (χ1v) is 11.0. The van der Waals surface area contributed by atoms with Crippen molar-refractivity contribution in [3.63, 3.8) is 0 Å². The van der Waals surface area contributed by atoms with Gasteiger partial charge in [-0.2, -0.15) is 0 Å². The Morgan fingerprint density at radius 3 is 2.19 bits per heavy atom. The molecule has 0 bridgehead atoms. The smallest absolute Gasteiger partial charge is 0.229 e. The minimum absolute atomic E-state index is 0.124. The van der Waals surface area contributed by atoms with Crippen LogP contribution in [0.4, 0.5) is 11.4 Å². The predicted molar refractivity (Wildman–Crippen MR) is 111 cm³/mol. The summed E-state index contributed by atoms with van der Waals surface area (Å²) in [6, 6.07) is 14.6. The van der Waals surface area contributed by atoms with Crippen molar-refractivity contribution in [2.24, 2.45) is 0 Å². The van der Waals surface area contributed by atoms with Crippen LogP contribution in [0.15, 0.2) is 54.6 Å². The Hall–Kier alpha value is -2.60. The molecule has 1 heterocycles. The molecule has 142 valence electrons. The van der Waals surface area contributed by atoms with Gasteiger partial charge in [0.1, 0.15) is 0 Å². The fourth-order valence-corrected chi connectivity index (χ4v) is 3.70. The minimum atomic E-state index is -3.32. The van der Waals surface area contributed by atoms with Crippen LogP contribution in [0.5, 0.6) is 0 Å². The molecule has 0 radical (unpaired) electrons. The summed E-state index contributed by atoms with van der Waals surface area (Å²) in [6.45, 7) is 2.22. The van der Waals surface area contributed by atoms with E-state index in [0.29, 0.717) is 11.3 Å². The lowest BCUT2D eigenvalue weighted by Crippen LogP contribution is -2.29. The molecule has 1 N–H and O–H groups in total. The number of carbonyl (C=O) groups excluding carboxylic acids is 1. The number of allylic oxidation sites excluding steroid dienone is 1. The van der Waals surface area contributed by atoms with Crippen LogP contribution in [0.3, 0.4) is 0 Å². The van der Waals surface area contributed by atoms with Crippen molar-refractivity contribution in [3.05, 3.63) is 65.7 Å². The van der Waals surface area contributed by atoms with E-state index in [4.69, 9.17) is 0 Å². The Balaban J connectivity index is 1.62. The molecule has 0 atom stereocenters. The first kappa shape index (κ1) is 19.2. The summed E-state index contributed by atoms with van der Waals surface area (Å²) in [5, 5.41) is 0. The van der Waals surface area contributed by atoms with Gasteiger partial charge in [0.05, 0.1) is 6.26 Å². The Morgan fingerprint density at radius 2 is 1.59 bits per heavy atom. The highest BCUT2D eigenvalue weighted by molar-refractivity contribution is 7.92. The lowest BCUT2D eigenvalue weighted by atomic mass is 10.1. The number of sulfonamides is 1. The van der Waals surface area contributed by atoms with Crippen molar-refractivity contribution in [3.8, 4) is 0 Å². The molecular formula is C21H24N2O3S. The van der Waals surface area contributed by atoms with Gasteiger partial charge in [-0.25, -0.2) is 8.42 Å². The van der Waals surface area contributed by atoms with Crippen LogP contribution in [-0.2, 0) is 10.0 Å². The SMILES string of the molecule is CS(=O)(=O)Nc1ccc(C(=O)/C=C\c2ccc(N3CCCCC3)cc2)cc1. The van der Waals surface area contributed by atoms with Crippen LogP contribution in [0.1, 0.15) is 35.2 Å². The van der Waals surface area contributed by atoms with Crippen LogP contribution in [0, 0.1) is 0 Å². The van der Waals surface area contributed by atoms with Gasteiger partial charge in [-0.1, -0.05) is 18.2 Å². The maximum atomic E-state index is 12.3. The molecule has 2 aromatic carbocycles. The van der Waals surface area contributed by atoms with Gasteiger partial charge in [-0.3, -0.25) is 9.52 Å². The minimum Gasteiger partial charge on any atom is -0.372 e. The highest BCUT2D eigenvalue weighted by atomic mass is 32.2. The number of hydrogen-bond donors (Lipinski definition) is 1. The van der Waals surface area contributed by atoms with Crippen molar-refractivity contribution in [2.45, 2.75) is 19.3 Å². The van der Waals surface area contributed by atoms with Crippen molar-refractivity contribution in [1.82, 2.24) is 0 Å². The quantitative estimate of drug-likeness (QED) is 0.605. The Labute approximate surface area is 160 Å². The van der Waals surface area contributed by atoms with E-state index in [1.807, 2.05) is 12.1 Å². The Kier molecular flexibility index (Phi) is 5.96. The van der Waals surface area contributed by atoms with Crippen molar-refractivity contribution < 1.29 is 13.2 Å². The van der Waals surface area contributed by atoms with Crippen molar-refractivity contribution in [2.75, 3.05) is 29.0 Å². The molecule has 1 saturated heterocycles. The third kappa shape index (κ3) is 5.69. The number of anilines is 2. The molecular weight excluding hydrogens is 360 g/mol. The van der Waals surface area contributed by atoms with Gasteiger partial charge >= 0.3 is 0 Å². The molecule has 1 fully saturated rings. The van der Waals surface area contributed by atoms with Crippen LogP contribution >= 0.6 is 0 Å². The van der Waals surface area contributed by atoms with E-state index in [9.17, 15) is 13.2 Å². The van der Waals surface area contributed by atoms with Gasteiger partial charge in [0, 0.05) is 30.0 Å². The van der Waals surface area contributed by atoms with Gasteiger partial charge < -0.3 is 4.90 Å². The van der Waals surface area contributed by atoms with Gasteiger partial charge in [0.25, 0.3) is 0 Å². The number of piperidine rings is 1. The summed E-state index contributed by atoms with van der Waals surface area (Å²) >= 11 is 0. The molecule has 0 aromatic heterocycles. The largest absolute Gasteiger partial charge is 0.372 e. The lowest BCUT2D eigenvalue weighted by molar-refractivity contribution is 0.104. The lowest BCUT2D eigenvalue weighted by Gasteiger charge is -2.28. The van der Waals surface area contributed by atoms with E-state index < -0.39 is 10.0 Å². The molecule has 27 heavy (non-hydrogen) atoms. The number of nitrogens with zero attached hydrogens (tertiary/aromatic N) is 1. The molecule has 1 aliphatic rings. The zero-order valence-electron chi connectivity index (χ0n) is 15.4. The summed E-state index contributed by atoms with van der Waals surface area (Å²) in [7, 11) is -3.32. The number of ketones is 1. The molecule has 1 aliphatic heterocycles. The van der Waals surface area contributed by atoms with Gasteiger partial charge in [0.2, 0.25) is 10.0 Å². The van der Waals surface area contributed by atoms with Crippen molar-refractivity contribution >= 4 is 33.3 Å². The summed E-state index contributed by atoms with van der Waals surface area (Å²) in [4.78, 5) is 14.7. The molecule has 0 saturated carbocycles. The standard InChI is InChI=1S/C21H24N2O3S/c1-27(25,26)22-19-10-8-18(9-11-19)21(24)14-7-17-5-12-20(13-6-17)23-15-3-2-4-16-23/h5-14,22H,2-4,15-16H2,1H3/b14-7-. The average Bonchev–Trinajstić information content (AvgIpc) is 2.66. The second kappa shape index (κ2) is 8.39. The van der Waals surface area contributed by atoms with Crippen LogP contribution in [0.25, 0.3) is 6.08 Å². The van der Waals surface area contributed by atoms with E-state index in [2.05, 4.69) is 21.8 Å². The molecule has 0 amide bonds. The van der Waals surface area contributed by atoms with E-state index >= 15 is 0 Å². The summed E-state index contributed by atoms with van der Waals surface area (Å²) in [6.07, 6.45) is 8.22. The van der Waals surface area contributed by atoms with E-state index in [1.165, 1.54) is 31.0 Å². The first-order chi connectivity index (χ1) is 12.9. The van der Waals surface area contributed by atoms with Crippen LogP contribution in [-0.4, -0.2) is 33.5 Å². The molecule has 0 spiro atoms. The first-order valence-electron chi connectivity index (χ1n) is 9.06. The molecule has 0 aliphatic carbocycles. The third-order valence-electron chi connectivity index (χ3n) is 4.51. The highest BCUT2D eigenvalue weighted by Gasteiger charge is 2.10. The molecule has 2 aromatic rings. The zero-order chi connectivity index (χ0) is 19.3. The zero-order valence-corrected chi connectivity index (χ0v) is 16.2. The Morgan fingerprint density at radius 1 is 0.963 bits per heavy atom.